The van der Waals surface area contributed by atoms with Crippen molar-refractivity contribution in [1.29, 1.82) is 5.26 Å². The Balaban J connectivity index is 1.56. The van der Waals surface area contributed by atoms with Gasteiger partial charge in [-0.25, -0.2) is 9.37 Å². The molecule has 8 nitrogen and oxygen atoms in total. The molecule has 0 saturated heterocycles. The van der Waals surface area contributed by atoms with Crippen LogP contribution in [0.1, 0.15) is 49.8 Å². The molecule has 4 rings (SSSR count). The number of anilines is 1. The van der Waals surface area contributed by atoms with Gasteiger partial charge in [0.05, 0.1) is 44.8 Å². The lowest BCUT2D eigenvalue weighted by atomic mass is 10.1. The number of aromatic nitrogens is 3. The number of pyridine rings is 1. The molecule has 2 aromatic carbocycles. The van der Waals surface area contributed by atoms with Crippen molar-refractivity contribution < 1.29 is 14.0 Å². The number of benzene rings is 2. The molecule has 0 bridgehead atoms. The third kappa shape index (κ3) is 5.04. The zero-order valence-corrected chi connectivity index (χ0v) is 20.4. The highest BCUT2D eigenvalue weighted by atomic mass is 35.5. The van der Waals surface area contributed by atoms with E-state index in [0.29, 0.717) is 23.5 Å². The van der Waals surface area contributed by atoms with Crippen LogP contribution in [0, 0.1) is 31.0 Å². The molecular weight excluding hydrogens is 483 g/mol. The highest BCUT2D eigenvalue weighted by Crippen LogP contribution is 2.27. The van der Waals surface area contributed by atoms with Crippen LogP contribution in [0.2, 0.25) is 5.02 Å². The van der Waals surface area contributed by atoms with Crippen molar-refractivity contribution in [3.8, 4) is 6.07 Å². The van der Waals surface area contributed by atoms with Crippen molar-refractivity contribution in [2.45, 2.75) is 33.2 Å². The first-order valence-electron chi connectivity index (χ1n) is 11.1. The maximum atomic E-state index is 14.0. The second kappa shape index (κ2) is 10.1. The molecule has 0 radical (unpaired) electrons. The zero-order valence-electron chi connectivity index (χ0n) is 19.6. The summed E-state index contributed by atoms with van der Waals surface area (Å²) in [7, 11) is 0. The fourth-order valence-corrected chi connectivity index (χ4v) is 4.15. The number of carbonyl (C=O) groups is 2. The van der Waals surface area contributed by atoms with Crippen LogP contribution in [-0.2, 0) is 13.0 Å². The van der Waals surface area contributed by atoms with E-state index in [1.54, 1.807) is 19.1 Å². The minimum Gasteiger partial charge on any atom is -0.364 e. The van der Waals surface area contributed by atoms with E-state index in [9.17, 15) is 14.0 Å². The van der Waals surface area contributed by atoms with E-state index in [4.69, 9.17) is 22.6 Å². The summed E-state index contributed by atoms with van der Waals surface area (Å²) in [5.41, 5.74) is 9.04. The third-order valence-corrected chi connectivity index (χ3v) is 6.18. The standard InChI is InChI=1S/C26H22ClFN6O2/c1-14-24(15(2)34(33-14)9-3-4-16-5-7-17(13-29)8-6-16)32-26(36)19-11-23(25(30)35)31-22-12-21(28)20(27)10-18(19)22/h5-8,10-12H,3-4,9H2,1-2H3,(H2,30,35)(H,32,36). The summed E-state index contributed by atoms with van der Waals surface area (Å²) in [5.74, 6) is -2.10. The number of nitrogens with one attached hydrogen (secondary N) is 1. The third-order valence-electron chi connectivity index (χ3n) is 5.89. The van der Waals surface area contributed by atoms with E-state index >= 15 is 0 Å². The fourth-order valence-electron chi connectivity index (χ4n) is 3.99. The first kappa shape index (κ1) is 24.8. The van der Waals surface area contributed by atoms with Gasteiger partial charge in [-0.3, -0.25) is 14.3 Å². The Kier molecular flexibility index (Phi) is 6.99. The largest absolute Gasteiger partial charge is 0.364 e. The molecule has 0 atom stereocenters. The fraction of sp³-hybridized carbons (Fsp3) is 0.192. The van der Waals surface area contributed by atoms with Crippen molar-refractivity contribution in [2.75, 3.05) is 5.32 Å². The lowest BCUT2D eigenvalue weighted by Crippen LogP contribution is -2.18. The van der Waals surface area contributed by atoms with Gasteiger partial charge in [0, 0.05) is 18.0 Å². The molecule has 2 aromatic heterocycles. The zero-order chi connectivity index (χ0) is 26.0. The van der Waals surface area contributed by atoms with Gasteiger partial charge >= 0.3 is 0 Å². The minimum atomic E-state index is -0.844. The molecule has 10 heteroatoms. The van der Waals surface area contributed by atoms with Gasteiger partial charge < -0.3 is 11.1 Å². The van der Waals surface area contributed by atoms with Crippen LogP contribution in [0.3, 0.4) is 0 Å². The molecule has 0 fully saturated rings. The molecule has 36 heavy (non-hydrogen) atoms. The van der Waals surface area contributed by atoms with Crippen LogP contribution in [0.5, 0.6) is 0 Å². The van der Waals surface area contributed by atoms with Crippen LogP contribution in [0.4, 0.5) is 10.1 Å². The van der Waals surface area contributed by atoms with Gasteiger partial charge in [-0.05, 0) is 56.5 Å². The molecule has 2 heterocycles. The smallest absolute Gasteiger partial charge is 0.267 e. The number of aryl methyl sites for hydroxylation is 3. The van der Waals surface area contributed by atoms with Gasteiger partial charge in [0.1, 0.15) is 11.5 Å². The summed E-state index contributed by atoms with van der Waals surface area (Å²) in [6, 6.07) is 13.2. The van der Waals surface area contributed by atoms with Crippen LogP contribution in [-0.4, -0.2) is 26.6 Å². The molecule has 0 aliphatic carbocycles. The van der Waals surface area contributed by atoms with Crippen molar-refractivity contribution in [3.05, 3.63) is 87.1 Å². The van der Waals surface area contributed by atoms with Crippen molar-refractivity contribution in [1.82, 2.24) is 14.8 Å². The highest BCUT2D eigenvalue weighted by Gasteiger charge is 2.20. The van der Waals surface area contributed by atoms with Gasteiger partial charge in [-0.2, -0.15) is 10.4 Å². The van der Waals surface area contributed by atoms with Crippen LogP contribution in [0.25, 0.3) is 10.9 Å². The summed E-state index contributed by atoms with van der Waals surface area (Å²) in [6.07, 6.45) is 1.62. The number of nitrogens with two attached hydrogens (primary N) is 1. The topological polar surface area (TPSA) is 127 Å². The predicted molar refractivity (Wildman–Crippen MR) is 134 cm³/mol. The first-order chi connectivity index (χ1) is 17.2. The number of fused-ring (bicyclic) bond motifs is 1. The maximum absolute atomic E-state index is 14.0. The van der Waals surface area contributed by atoms with Crippen molar-refractivity contribution in [3.63, 3.8) is 0 Å². The molecule has 0 spiro atoms. The molecular formula is C26H22ClFN6O2. The Bertz CT molecular complexity index is 1540. The van der Waals surface area contributed by atoms with Gasteiger partial charge in [0.25, 0.3) is 11.8 Å². The highest BCUT2D eigenvalue weighted by molar-refractivity contribution is 6.31. The number of rotatable bonds is 7. The molecule has 0 saturated carbocycles. The number of nitrogens with zero attached hydrogens (tertiary/aromatic N) is 4. The molecule has 4 aromatic rings. The number of hydrogen-bond acceptors (Lipinski definition) is 5. The second-order valence-electron chi connectivity index (χ2n) is 8.34. The summed E-state index contributed by atoms with van der Waals surface area (Å²) in [6.45, 7) is 4.26. The number of hydrogen-bond donors (Lipinski definition) is 2. The quantitative estimate of drug-likeness (QED) is 0.377. The van der Waals surface area contributed by atoms with Gasteiger partial charge in [0.15, 0.2) is 0 Å². The lowest BCUT2D eigenvalue weighted by Gasteiger charge is -2.11. The Morgan fingerprint density at radius 2 is 1.92 bits per heavy atom. The molecule has 0 aliphatic heterocycles. The van der Waals surface area contributed by atoms with Gasteiger partial charge in [-0.1, -0.05) is 23.7 Å². The Labute approximate surface area is 211 Å². The van der Waals surface area contributed by atoms with Gasteiger partial charge in [0.2, 0.25) is 0 Å². The average molecular weight is 505 g/mol. The summed E-state index contributed by atoms with van der Waals surface area (Å²) < 4.78 is 15.8. The Morgan fingerprint density at radius 3 is 2.58 bits per heavy atom. The van der Waals surface area contributed by atoms with Gasteiger partial charge in [-0.15, -0.1) is 0 Å². The normalized spacial score (nSPS) is 10.9. The van der Waals surface area contributed by atoms with E-state index < -0.39 is 17.6 Å². The summed E-state index contributed by atoms with van der Waals surface area (Å²) in [5, 5.41) is 16.4. The van der Waals surface area contributed by atoms with Crippen LogP contribution < -0.4 is 11.1 Å². The molecule has 2 amide bonds. The van der Waals surface area contributed by atoms with E-state index in [1.165, 1.54) is 12.1 Å². The SMILES string of the molecule is Cc1nn(CCCc2ccc(C#N)cc2)c(C)c1NC(=O)c1cc(C(N)=O)nc2cc(F)c(Cl)cc12. The number of nitriles is 1. The Morgan fingerprint density at radius 1 is 1.19 bits per heavy atom. The average Bonchev–Trinajstić information content (AvgIpc) is 3.12. The predicted octanol–water partition coefficient (Wildman–Crippen LogP) is 4.70. The lowest BCUT2D eigenvalue weighted by molar-refractivity contribution is 0.0996. The summed E-state index contributed by atoms with van der Waals surface area (Å²) in [4.78, 5) is 29.1. The van der Waals surface area contributed by atoms with E-state index in [-0.39, 0.29) is 27.2 Å². The summed E-state index contributed by atoms with van der Waals surface area (Å²) >= 11 is 5.93. The molecule has 3 N–H and O–H groups in total. The Hall–Kier alpha value is -4.29. The number of halogens is 2. The monoisotopic (exact) mass is 504 g/mol. The van der Waals surface area contributed by atoms with Crippen molar-refractivity contribution in [2.24, 2.45) is 5.73 Å². The second-order valence-corrected chi connectivity index (χ2v) is 8.75. The molecule has 0 aliphatic rings. The van der Waals surface area contributed by atoms with E-state index in [1.807, 2.05) is 23.7 Å². The molecule has 182 valence electrons. The first-order valence-corrected chi connectivity index (χ1v) is 11.5. The number of amides is 2. The molecule has 0 unspecified atom stereocenters. The maximum Gasteiger partial charge on any atom is 0.267 e. The van der Waals surface area contributed by atoms with Crippen molar-refractivity contribution >= 4 is 40.0 Å². The minimum absolute atomic E-state index is 0.0862. The number of primary amides is 1. The van der Waals surface area contributed by atoms with Crippen LogP contribution >= 0.6 is 11.6 Å². The number of carbonyl (C=O) groups excluding carboxylic acids is 2. The van der Waals surface area contributed by atoms with E-state index in [2.05, 4.69) is 21.5 Å². The van der Waals surface area contributed by atoms with E-state index in [0.717, 1.165) is 30.2 Å². The van der Waals surface area contributed by atoms with Crippen LogP contribution in [0.15, 0.2) is 42.5 Å².